The Bertz CT molecular complexity index is 895. The van der Waals surface area contributed by atoms with Crippen molar-refractivity contribution in [3.05, 3.63) is 59.7 Å². The maximum Gasteiger partial charge on any atom is 0.227 e. The van der Waals surface area contributed by atoms with Gasteiger partial charge in [-0.3, -0.25) is 9.79 Å². The Balaban J connectivity index is 1.55. The van der Waals surface area contributed by atoms with Crippen molar-refractivity contribution in [1.82, 2.24) is 15.5 Å². The van der Waals surface area contributed by atoms with E-state index >= 15 is 0 Å². The minimum absolute atomic E-state index is 0.172. The molecule has 1 fully saturated rings. The number of rotatable bonds is 8. The predicted molar refractivity (Wildman–Crippen MR) is 126 cm³/mol. The molecule has 2 N–H and O–H groups in total. The molecule has 0 aromatic heterocycles. The lowest BCUT2D eigenvalue weighted by atomic mass is 10.1. The molecule has 0 saturated carbocycles. The molecule has 0 spiro atoms. The van der Waals surface area contributed by atoms with Crippen molar-refractivity contribution < 1.29 is 9.53 Å². The van der Waals surface area contributed by atoms with Gasteiger partial charge in [0.15, 0.2) is 5.96 Å². The van der Waals surface area contributed by atoms with Crippen LogP contribution in [0.3, 0.4) is 0 Å². The van der Waals surface area contributed by atoms with Crippen molar-refractivity contribution in [2.24, 2.45) is 4.99 Å². The summed E-state index contributed by atoms with van der Waals surface area (Å²) in [5.41, 5.74) is 3.29. The zero-order valence-corrected chi connectivity index (χ0v) is 18.9. The summed E-state index contributed by atoms with van der Waals surface area (Å²) in [6.07, 6.45) is 1.59. The summed E-state index contributed by atoms with van der Waals surface area (Å²) in [5.74, 6) is 1.81. The Morgan fingerprint density at radius 2 is 1.97 bits per heavy atom. The van der Waals surface area contributed by atoms with E-state index in [1.165, 1.54) is 5.56 Å². The second kappa shape index (κ2) is 10.8. The normalized spacial score (nSPS) is 15.3. The number of benzene rings is 2. The number of hydrogen-bond donors (Lipinski definition) is 2. The molecular weight excluding hydrogens is 390 g/mol. The molecule has 3 rings (SSSR count). The molecule has 1 amide bonds. The first-order chi connectivity index (χ1) is 15.0. The van der Waals surface area contributed by atoms with Crippen molar-refractivity contribution in [2.45, 2.75) is 25.4 Å². The van der Waals surface area contributed by atoms with E-state index in [-0.39, 0.29) is 11.9 Å². The van der Waals surface area contributed by atoms with E-state index < -0.39 is 0 Å². The van der Waals surface area contributed by atoms with Crippen LogP contribution in [-0.2, 0) is 11.3 Å². The molecule has 166 valence electrons. The van der Waals surface area contributed by atoms with E-state index in [1.54, 1.807) is 14.2 Å². The third kappa shape index (κ3) is 5.98. The number of anilines is 1. The summed E-state index contributed by atoms with van der Waals surface area (Å²) in [4.78, 5) is 20.3. The molecule has 1 unspecified atom stereocenters. The number of hydrogen-bond acceptors (Lipinski definition) is 4. The van der Waals surface area contributed by atoms with Crippen LogP contribution in [-0.4, -0.2) is 58.1 Å². The highest BCUT2D eigenvalue weighted by Crippen LogP contribution is 2.23. The van der Waals surface area contributed by atoms with Crippen LogP contribution in [0.2, 0.25) is 0 Å². The Labute approximate surface area is 185 Å². The predicted octanol–water partition coefficient (Wildman–Crippen LogP) is 2.79. The van der Waals surface area contributed by atoms with Gasteiger partial charge in [0.1, 0.15) is 5.75 Å². The second-order valence-corrected chi connectivity index (χ2v) is 7.88. The molecule has 0 bridgehead atoms. The maximum absolute atomic E-state index is 11.9. The molecule has 1 heterocycles. The first kappa shape index (κ1) is 22.6. The van der Waals surface area contributed by atoms with E-state index in [0.717, 1.165) is 35.9 Å². The van der Waals surface area contributed by atoms with Gasteiger partial charge in [0, 0.05) is 38.8 Å². The number of carbonyl (C=O) groups excluding carboxylic acids is 1. The van der Waals surface area contributed by atoms with Gasteiger partial charge in [0.2, 0.25) is 5.91 Å². The first-order valence-electron chi connectivity index (χ1n) is 10.7. The Morgan fingerprint density at radius 1 is 1.19 bits per heavy atom. The molecule has 2 aromatic carbocycles. The monoisotopic (exact) mass is 423 g/mol. The highest BCUT2D eigenvalue weighted by Gasteiger charge is 2.21. The lowest BCUT2D eigenvalue weighted by Gasteiger charge is -2.26. The fourth-order valence-electron chi connectivity index (χ4n) is 3.76. The standard InChI is InChI=1S/C24H33N5O2/c1-25-24(27-17-22(28(2)3)19-7-5-8-21(15-19)31-4)26-16-18-10-12-20(13-11-18)29-14-6-9-23(29)30/h5,7-8,10-13,15,22H,6,9,14,16-17H2,1-4H3,(H2,25,26,27). The van der Waals surface area contributed by atoms with Gasteiger partial charge in [-0.15, -0.1) is 0 Å². The lowest BCUT2D eigenvalue weighted by molar-refractivity contribution is -0.117. The summed E-state index contributed by atoms with van der Waals surface area (Å²) in [6, 6.07) is 16.5. The minimum Gasteiger partial charge on any atom is -0.497 e. The first-order valence-corrected chi connectivity index (χ1v) is 10.7. The van der Waals surface area contributed by atoms with Crippen molar-refractivity contribution in [3.8, 4) is 5.75 Å². The van der Waals surface area contributed by atoms with Gasteiger partial charge < -0.3 is 25.2 Å². The minimum atomic E-state index is 0.172. The molecule has 1 aliphatic heterocycles. The summed E-state index contributed by atoms with van der Waals surface area (Å²) >= 11 is 0. The van der Waals surface area contributed by atoms with Crippen molar-refractivity contribution in [1.29, 1.82) is 0 Å². The smallest absolute Gasteiger partial charge is 0.227 e. The van der Waals surface area contributed by atoms with Crippen molar-refractivity contribution >= 4 is 17.6 Å². The fraction of sp³-hybridized carbons (Fsp3) is 0.417. The lowest BCUT2D eigenvalue weighted by Crippen LogP contribution is -2.41. The molecular formula is C24H33N5O2. The van der Waals surface area contributed by atoms with Crippen molar-refractivity contribution in [2.75, 3.05) is 46.2 Å². The van der Waals surface area contributed by atoms with Gasteiger partial charge >= 0.3 is 0 Å². The zero-order chi connectivity index (χ0) is 22.2. The Morgan fingerprint density at radius 3 is 2.58 bits per heavy atom. The van der Waals surface area contributed by atoms with Gasteiger partial charge in [0.05, 0.1) is 13.2 Å². The molecule has 2 aromatic rings. The number of methoxy groups -OCH3 is 1. The van der Waals surface area contributed by atoms with E-state index in [9.17, 15) is 4.79 Å². The average Bonchev–Trinajstić information content (AvgIpc) is 3.22. The van der Waals surface area contributed by atoms with Crippen LogP contribution in [0.4, 0.5) is 5.69 Å². The number of ether oxygens (including phenoxy) is 1. The van der Waals surface area contributed by atoms with Gasteiger partial charge in [-0.1, -0.05) is 24.3 Å². The molecule has 0 aliphatic carbocycles. The third-order valence-electron chi connectivity index (χ3n) is 5.57. The Kier molecular flexibility index (Phi) is 7.89. The molecule has 0 radical (unpaired) electrons. The third-order valence-corrected chi connectivity index (χ3v) is 5.57. The highest BCUT2D eigenvalue weighted by molar-refractivity contribution is 5.95. The number of amides is 1. The summed E-state index contributed by atoms with van der Waals surface area (Å²) in [5, 5.41) is 6.79. The van der Waals surface area contributed by atoms with Crippen LogP contribution in [0.5, 0.6) is 5.75 Å². The van der Waals surface area contributed by atoms with Crippen LogP contribution in [0, 0.1) is 0 Å². The fourth-order valence-corrected chi connectivity index (χ4v) is 3.76. The molecule has 1 saturated heterocycles. The largest absolute Gasteiger partial charge is 0.497 e. The number of nitrogens with one attached hydrogen (secondary N) is 2. The van der Waals surface area contributed by atoms with E-state index in [1.807, 2.05) is 29.2 Å². The number of likely N-dealkylation sites (N-methyl/N-ethyl adjacent to an activating group) is 1. The molecule has 7 nitrogen and oxygen atoms in total. The van der Waals surface area contributed by atoms with Gasteiger partial charge in [-0.25, -0.2) is 0 Å². The quantitative estimate of drug-likeness (QED) is 0.505. The summed E-state index contributed by atoms with van der Waals surface area (Å²) in [7, 11) is 7.58. The van der Waals surface area contributed by atoms with E-state index in [2.05, 4.69) is 58.9 Å². The molecule has 1 aliphatic rings. The van der Waals surface area contributed by atoms with Crippen LogP contribution in [0.25, 0.3) is 0 Å². The molecule has 31 heavy (non-hydrogen) atoms. The van der Waals surface area contributed by atoms with Crippen LogP contribution in [0.1, 0.15) is 30.0 Å². The van der Waals surface area contributed by atoms with Gasteiger partial charge in [-0.2, -0.15) is 0 Å². The van der Waals surface area contributed by atoms with E-state index in [4.69, 9.17) is 4.74 Å². The highest BCUT2D eigenvalue weighted by atomic mass is 16.5. The van der Waals surface area contributed by atoms with Gasteiger partial charge in [0.25, 0.3) is 0 Å². The Hall–Kier alpha value is -3.06. The topological polar surface area (TPSA) is 69.2 Å². The average molecular weight is 424 g/mol. The van der Waals surface area contributed by atoms with Gasteiger partial charge in [-0.05, 0) is 55.9 Å². The molecule has 7 heteroatoms. The SMILES string of the molecule is CN=C(NCc1ccc(N2CCCC2=O)cc1)NCC(c1cccc(OC)c1)N(C)C. The van der Waals surface area contributed by atoms with E-state index in [0.29, 0.717) is 19.5 Å². The van der Waals surface area contributed by atoms with Crippen LogP contribution < -0.4 is 20.3 Å². The number of aliphatic imine (C=N–C) groups is 1. The number of carbonyl (C=O) groups is 1. The summed E-state index contributed by atoms with van der Waals surface area (Å²) < 4.78 is 5.37. The van der Waals surface area contributed by atoms with Crippen LogP contribution in [0.15, 0.2) is 53.5 Å². The maximum atomic E-state index is 11.9. The number of guanidine groups is 1. The summed E-state index contributed by atoms with van der Waals surface area (Å²) in [6.45, 7) is 2.17. The van der Waals surface area contributed by atoms with Crippen molar-refractivity contribution in [3.63, 3.8) is 0 Å². The van der Waals surface area contributed by atoms with Crippen LogP contribution >= 0.6 is 0 Å². The number of nitrogens with zero attached hydrogens (tertiary/aromatic N) is 3. The zero-order valence-electron chi connectivity index (χ0n) is 18.9. The second-order valence-electron chi connectivity index (χ2n) is 7.88. The molecule has 1 atom stereocenters.